The molecular formula is C21H20ClN5O3. The molecule has 1 amide bonds. The van der Waals surface area contributed by atoms with Crippen molar-refractivity contribution in [3.63, 3.8) is 0 Å². The molecule has 4 rings (SSSR count). The van der Waals surface area contributed by atoms with Crippen LogP contribution in [0.15, 0.2) is 54.9 Å². The molecule has 1 aliphatic rings. The van der Waals surface area contributed by atoms with Gasteiger partial charge in [0.2, 0.25) is 5.91 Å². The van der Waals surface area contributed by atoms with E-state index in [-0.39, 0.29) is 16.5 Å². The van der Waals surface area contributed by atoms with Crippen molar-refractivity contribution in [2.75, 3.05) is 42.9 Å². The predicted molar refractivity (Wildman–Crippen MR) is 117 cm³/mol. The number of hydrogen-bond donors (Lipinski definition) is 1. The average Bonchev–Trinajstić information content (AvgIpc) is 2.73. The van der Waals surface area contributed by atoms with E-state index in [9.17, 15) is 14.9 Å². The fraction of sp³-hybridized carbons (Fsp3) is 0.238. The molecule has 9 heteroatoms. The Morgan fingerprint density at radius 2 is 1.93 bits per heavy atom. The maximum atomic E-state index is 12.3. The minimum atomic E-state index is -0.385. The van der Waals surface area contributed by atoms with Gasteiger partial charge in [-0.2, -0.15) is 0 Å². The van der Waals surface area contributed by atoms with Crippen molar-refractivity contribution in [3.8, 4) is 0 Å². The standard InChI is InChI=1S/C21H20ClN5O3/c22-15-2-1-3-16(12-15)24-21(28)14-25-8-10-26(11-9-25)19-4-5-20(27(29)30)18-13-23-7-6-17(18)19/h1-7,12-13H,8-11,14H2,(H,24,28). The summed E-state index contributed by atoms with van der Waals surface area (Å²) in [5.41, 5.74) is 1.68. The van der Waals surface area contributed by atoms with E-state index >= 15 is 0 Å². The van der Waals surface area contributed by atoms with Crippen molar-refractivity contribution in [2.45, 2.75) is 0 Å². The molecule has 1 fully saturated rings. The van der Waals surface area contributed by atoms with Crippen LogP contribution >= 0.6 is 11.6 Å². The molecule has 3 aromatic rings. The number of hydrogen-bond acceptors (Lipinski definition) is 6. The highest BCUT2D eigenvalue weighted by molar-refractivity contribution is 6.30. The second kappa shape index (κ2) is 8.64. The molecule has 8 nitrogen and oxygen atoms in total. The number of carbonyl (C=O) groups excluding carboxylic acids is 1. The normalized spacial score (nSPS) is 14.6. The summed E-state index contributed by atoms with van der Waals surface area (Å²) in [6, 6.07) is 12.2. The van der Waals surface area contributed by atoms with Crippen molar-refractivity contribution < 1.29 is 9.72 Å². The van der Waals surface area contributed by atoms with E-state index in [0.29, 0.717) is 35.7 Å². The van der Waals surface area contributed by atoms with Crippen LogP contribution in [0.4, 0.5) is 17.1 Å². The minimum Gasteiger partial charge on any atom is -0.368 e. The van der Waals surface area contributed by atoms with Gasteiger partial charge in [-0.3, -0.25) is 24.8 Å². The van der Waals surface area contributed by atoms with E-state index in [2.05, 4.69) is 20.1 Å². The number of carbonyl (C=O) groups is 1. The van der Waals surface area contributed by atoms with Crippen LogP contribution in [0.2, 0.25) is 5.02 Å². The molecule has 1 N–H and O–H groups in total. The Kier molecular flexibility index (Phi) is 5.78. The lowest BCUT2D eigenvalue weighted by molar-refractivity contribution is -0.383. The number of fused-ring (bicyclic) bond motifs is 1. The molecule has 0 spiro atoms. The van der Waals surface area contributed by atoms with E-state index in [0.717, 1.165) is 24.2 Å². The van der Waals surface area contributed by atoms with Crippen molar-refractivity contribution >= 4 is 45.3 Å². The third kappa shape index (κ3) is 4.34. The number of nitro benzene ring substituents is 1. The zero-order chi connectivity index (χ0) is 21.1. The summed E-state index contributed by atoms with van der Waals surface area (Å²) in [7, 11) is 0. The number of nitro groups is 1. The van der Waals surface area contributed by atoms with Gasteiger partial charge in [0, 0.05) is 66.4 Å². The lowest BCUT2D eigenvalue weighted by atomic mass is 10.1. The van der Waals surface area contributed by atoms with E-state index in [1.807, 2.05) is 6.07 Å². The average molecular weight is 426 g/mol. The summed E-state index contributed by atoms with van der Waals surface area (Å²) in [5.74, 6) is -0.0856. The van der Waals surface area contributed by atoms with E-state index in [4.69, 9.17) is 11.6 Å². The van der Waals surface area contributed by atoms with Crippen LogP contribution < -0.4 is 10.2 Å². The number of amides is 1. The zero-order valence-electron chi connectivity index (χ0n) is 16.1. The molecule has 154 valence electrons. The highest BCUT2D eigenvalue weighted by atomic mass is 35.5. The number of halogens is 1. The molecule has 0 atom stereocenters. The van der Waals surface area contributed by atoms with E-state index in [1.54, 1.807) is 36.5 Å². The number of anilines is 2. The number of pyridine rings is 1. The molecule has 1 aromatic heterocycles. The SMILES string of the molecule is O=C(CN1CCN(c2ccc([N+](=O)[O-])c3cnccc23)CC1)Nc1cccc(Cl)c1. The van der Waals surface area contributed by atoms with E-state index in [1.165, 1.54) is 12.3 Å². The van der Waals surface area contributed by atoms with Crippen LogP contribution in [0.25, 0.3) is 10.8 Å². The Balaban J connectivity index is 1.41. The molecule has 0 aliphatic carbocycles. The van der Waals surface area contributed by atoms with Gasteiger partial charge in [0.25, 0.3) is 5.69 Å². The predicted octanol–water partition coefficient (Wildman–Crippen LogP) is 3.56. The van der Waals surface area contributed by atoms with Gasteiger partial charge >= 0.3 is 0 Å². The molecule has 0 saturated carbocycles. The van der Waals surface area contributed by atoms with Crippen molar-refractivity contribution in [3.05, 3.63) is 70.0 Å². The zero-order valence-corrected chi connectivity index (χ0v) is 16.9. The smallest absolute Gasteiger partial charge is 0.278 e. The summed E-state index contributed by atoms with van der Waals surface area (Å²) in [6.45, 7) is 3.17. The number of piperazine rings is 1. The molecule has 0 bridgehead atoms. The fourth-order valence-electron chi connectivity index (χ4n) is 3.71. The number of nitrogens with zero attached hydrogens (tertiary/aromatic N) is 4. The molecular weight excluding hydrogens is 406 g/mol. The summed E-state index contributed by atoms with van der Waals surface area (Å²) >= 11 is 5.95. The van der Waals surface area contributed by atoms with Gasteiger partial charge in [0.05, 0.1) is 16.9 Å². The summed E-state index contributed by atoms with van der Waals surface area (Å²) in [5, 5.41) is 16.1. The Morgan fingerprint density at radius 1 is 1.13 bits per heavy atom. The van der Waals surface area contributed by atoms with Gasteiger partial charge in [-0.1, -0.05) is 17.7 Å². The van der Waals surface area contributed by atoms with Gasteiger partial charge < -0.3 is 10.2 Å². The first-order chi connectivity index (χ1) is 14.5. The Morgan fingerprint density at radius 3 is 2.67 bits per heavy atom. The first-order valence-corrected chi connectivity index (χ1v) is 9.93. The summed E-state index contributed by atoms with van der Waals surface area (Å²) < 4.78 is 0. The van der Waals surface area contributed by atoms with Crippen LogP contribution in [0, 0.1) is 10.1 Å². The van der Waals surface area contributed by atoms with E-state index < -0.39 is 0 Å². The second-order valence-corrected chi connectivity index (χ2v) is 7.54. The Hall–Kier alpha value is -3.23. The molecule has 0 radical (unpaired) electrons. The molecule has 1 saturated heterocycles. The summed E-state index contributed by atoms with van der Waals surface area (Å²) in [6.07, 6.45) is 3.18. The largest absolute Gasteiger partial charge is 0.368 e. The third-order valence-electron chi connectivity index (χ3n) is 5.16. The highest BCUT2D eigenvalue weighted by Gasteiger charge is 2.22. The monoisotopic (exact) mass is 425 g/mol. The summed E-state index contributed by atoms with van der Waals surface area (Å²) in [4.78, 5) is 31.6. The lowest BCUT2D eigenvalue weighted by Crippen LogP contribution is -2.48. The molecule has 2 heterocycles. The number of nitrogens with one attached hydrogen (secondary N) is 1. The molecule has 30 heavy (non-hydrogen) atoms. The lowest BCUT2D eigenvalue weighted by Gasteiger charge is -2.36. The number of non-ortho nitro benzene ring substituents is 1. The maximum absolute atomic E-state index is 12.3. The van der Waals surface area contributed by atoms with Gasteiger partial charge in [-0.15, -0.1) is 0 Å². The topological polar surface area (TPSA) is 91.6 Å². The fourth-order valence-corrected chi connectivity index (χ4v) is 3.90. The molecule has 1 aliphatic heterocycles. The Bertz CT molecular complexity index is 1100. The van der Waals surface area contributed by atoms with Crippen LogP contribution in [0.3, 0.4) is 0 Å². The van der Waals surface area contributed by atoms with Gasteiger partial charge in [0.1, 0.15) is 0 Å². The second-order valence-electron chi connectivity index (χ2n) is 7.10. The minimum absolute atomic E-state index is 0.0539. The van der Waals surface area contributed by atoms with Crippen molar-refractivity contribution in [2.24, 2.45) is 0 Å². The van der Waals surface area contributed by atoms with Gasteiger partial charge in [-0.25, -0.2) is 0 Å². The van der Waals surface area contributed by atoms with Crippen molar-refractivity contribution in [1.82, 2.24) is 9.88 Å². The molecule has 2 aromatic carbocycles. The third-order valence-corrected chi connectivity index (χ3v) is 5.39. The van der Waals surface area contributed by atoms with Gasteiger partial charge in [0.15, 0.2) is 0 Å². The maximum Gasteiger partial charge on any atom is 0.278 e. The van der Waals surface area contributed by atoms with Crippen LogP contribution in [0.1, 0.15) is 0 Å². The van der Waals surface area contributed by atoms with Crippen molar-refractivity contribution in [1.29, 1.82) is 0 Å². The quantitative estimate of drug-likeness (QED) is 0.496. The first kappa shape index (κ1) is 20.1. The number of aromatic nitrogens is 1. The number of benzene rings is 2. The highest BCUT2D eigenvalue weighted by Crippen LogP contribution is 2.33. The van der Waals surface area contributed by atoms with Crippen LogP contribution in [-0.4, -0.2) is 53.4 Å². The van der Waals surface area contributed by atoms with Crippen LogP contribution in [-0.2, 0) is 4.79 Å². The number of rotatable bonds is 5. The molecule has 0 unspecified atom stereocenters. The van der Waals surface area contributed by atoms with Gasteiger partial charge in [-0.05, 0) is 30.3 Å². The first-order valence-electron chi connectivity index (χ1n) is 9.55. The Labute approximate surface area is 178 Å². The van der Waals surface area contributed by atoms with Crippen LogP contribution in [0.5, 0.6) is 0 Å².